The molecule has 3 heteroatoms. The molecule has 0 atom stereocenters. The number of nitrogens with zero attached hydrogens (tertiary/aromatic N) is 1. The van der Waals surface area contributed by atoms with Crippen molar-refractivity contribution in [3.8, 4) is 11.5 Å². The molecule has 0 radical (unpaired) electrons. The molecule has 1 aromatic carbocycles. The van der Waals surface area contributed by atoms with Crippen molar-refractivity contribution >= 4 is 11.3 Å². The van der Waals surface area contributed by atoms with Crippen LogP contribution in [0, 0.1) is 6.92 Å². The zero-order chi connectivity index (χ0) is 13.8. The topological polar surface area (TPSA) is 48.1 Å². The molecule has 2 aromatic rings. The van der Waals surface area contributed by atoms with E-state index >= 15 is 0 Å². The van der Waals surface area contributed by atoms with E-state index in [2.05, 4.69) is 4.98 Å². The van der Waals surface area contributed by atoms with Crippen LogP contribution in [0.1, 0.15) is 25.1 Å². The molecule has 19 heavy (non-hydrogen) atoms. The Kier molecular flexibility index (Phi) is 3.85. The lowest BCUT2D eigenvalue weighted by atomic mass is 10.1. The maximum atomic E-state index is 5.88. The highest BCUT2D eigenvalue weighted by Crippen LogP contribution is 2.31. The molecule has 0 amide bonds. The third-order valence-electron chi connectivity index (χ3n) is 2.97. The molecule has 2 rings (SSSR count). The quantitative estimate of drug-likeness (QED) is 0.835. The van der Waals surface area contributed by atoms with Crippen molar-refractivity contribution in [2.45, 2.75) is 20.8 Å². The third-order valence-corrected chi connectivity index (χ3v) is 2.97. The van der Waals surface area contributed by atoms with E-state index in [4.69, 9.17) is 10.5 Å². The largest absolute Gasteiger partial charge is 0.455 e. The van der Waals surface area contributed by atoms with E-state index in [9.17, 15) is 0 Å². The standard InChI is InChI=1S/C16H18N2O/c1-4-11(2)15-9-13(17)6-8-16(15)19-14-7-5-12(3)18-10-14/h4-10H,17H2,1-3H3/b11-4-. The fourth-order valence-electron chi connectivity index (χ4n) is 1.74. The third kappa shape index (κ3) is 3.13. The number of nitrogen functional groups attached to an aromatic ring is 1. The molecule has 0 fully saturated rings. The fraction of sp³-hybridized carbons (Fsp3) is 0.188. The number of aryl methyl sites for hydroxylation is 1. The summed E-state index contributed by atoms with van der Waals surface area (Å²) in [5.74, 6) is 1.51. The average Bonchev–Trinajstić information content (AvgIpc) is 2.42. The number of pyridine rings is 1. The Labute approximate surface area is 113 Å². The second-order valence-corrected chi connectivity index (χ2v) is 4.46. The first kappa shape index (κ1) is 13.1. The van der Waals surface area contributed by atoms with Crippen molar-refractivity contribution in [1.82, 2.24) is 4.98 Å². The van der Waals surface area contributed by atoms with E-state index in [1.165, 1.54) is 0 Å². The fourth-order valence-corrected chi connectivity index (χ4v) is 1.74. The first-order valence-corrected chi connectivity index (χ1v) is 6.23. The summed E-state index contributed by atoms with van der Waals surface area (Å²) in [4.78, 5) is 4.22. The summed E-state index contributed by atoms with van der Waals surface area (Å²) in [6.07, 6.45) is 3.76. The van der Waals surface area contributed by atoms with Gasteiger partial charge in [-0.05, 0) is 56.7 Å². The second-order valence-electron chi connectivity index (χ2n) is 4.46. The van der Waals surface area contributed by atoms with Crippen LogP contribution in [-0.2, 0) is 0 Å². The number of hydrogen-bond donors (Lipinski definition) is 1. The molecule has 0 spiro atoms. The number of hydrogen-bond acceptors (Lipinski definition) is 3. The van der Waals surface area contributed by atoms with Gasteiger partial charge in [-0.1, -0.05) is 6.08 Å². The Hall–Kier alpha value is -2.29. The molecule has 0 unspecified atom stereocenters. The predicted molar refractivity (Wildman–Crippen MR) is 79.2 cm³/mol. The summed E-state index contributed by atoms with van der Waals surface area (Å²) in [6, 6.07) is 9.48. The number of benzene rings is 1. The Morgan fingerprint density at radius 3 is 2.68 bits per heavy atom. The van der Waals surface area contributed by atoms with E-state index < -0.39 is 0 Å². The highest BCUT2D eigenvalue weighted by Gasteiger charge is 2.07. The lowest BCUT2D eigenvalue weighted by Gasteiger charge is -2.12. The summed E-state index contributed by atoms with van der Waals surface area (Å²) in [5.41, 5.74) is 9.66. The van der Waals surface area contributed by atoms with Gasteiger partial charge in [0.15, 0.2) is 0 Å². The minimum atomic E-state index is 0.723. The van der Waals surface area contributed by atoms with Gasteiger partial charge in [0.2, 0.25) is 0 Å². The van der Waals surface area contributed by atoms with Crippen LogP contribution in [0.3, 0.4) is 0 Å². The molecule has 0 aliphatic heterocycles. The number of allylic oxidation sites excluding steroid dienone is 2. The van der Waals surface area contributed by atoms with Gasteiger partial charge in [-0.15, -0.1) is 0 Å². The summed E-state index contributed by atoms with van der Waals surface area (Å²) in [5, 5.41) is 0. The molecule has 0 bridgehead atoms. The van der Waals surface area contributed by atoms with Crippen LogP contribution in [0.5, 0.6) is 11.5 Å². The number of rotatable bonds is 3. The lowest BCUT2D eigenvalue weighted by molar-refractivity contribution is 0.478. The van der Waals surface area contributed by atoms with E-state index in [0.29, 0.717) is 0 Å². The minimum absolute atomic E-state index is 0.723. The first-order valence-electron chi connectivity index (χ1n) is 6.23. The molecule has 0 saturated heterocycles. The minimum Gasteiger partial charge on any atom is -0.455 e. The molecular weight excluding hydrogens is 236 g/mol. The Morgan fingerprint density at radius 1 is 1.26 bits per heavy atom. The molecule has 0 saturated carbocycles. The molecule has 2 N–H and O–H groups in total. The summed E-state index contributed by atoms with van der Waals surface area (Å²) >= 11 is 0. The van der Waals surface area contributed by atoms with Crippen molar-refractivity contribution in [3.05, 3.63) is 53.9 Å². The maximum absolute atomic E-state index is 5.88. The normalized spacial score (nSPS) is 11.4. The lowest BCUT2D eigenvalue weighted by Crippen LogP contribution is -1.93. The van der Waals surface area contributed by atoms with Gasteiger partial charge in [0.05, 0.1) is 6.20 Å². The first-order chi connectivity index (χ1) is 9.10. The molecule has 0 aliphatic rings. The molecule has 0 aliphatic carbocycles. The smallest absolute Gasteiger partial charge is 0.145 e. The van der Waals surface area contributed by atoms with Crippen molar-refractivity contribution in [3.63, 3.8) is 0 Å². The zero-order valence-electron chi connectivity index (χ0n) is 11.5. The van der Waals surface area contributed by atoms with Crippen molar-refractivity contribution in [2.24, 2.45) is 0 Å². The molecule has 1 heterocycles. The van der Waals surface area contributed by atoms with Crippen molar-refractivity contribution in [1.29, 1.82) is 0 Å². The van der Waals surface area contributed by atoms with E-state index in [0.717, 1.165) is 34.0 Å². The Morgan fingerprint density at radius 2 is 2.05 bits per heavy atom. The monoisotopic (exact) mass is 254 g/mol. The maximum Gasteiger partial charge on any atom is 0.145 e. The van der Waals surface area contributed by atoms with Crippen LogP contribution in [0.2, 0.25) is 0 Å². The van der Waals surface area contributed by atoms with E-state index in [-0.39, 0.29) is 0 Å². The molecular formula is C16H18N2O. The van der Waals surface area contributed by atoms with Crippen LogP contribution in [0.25, 0.3) is 5.57 Å². The van der Waals surface area contributed by atoms with Gasteiger partial charge in [-0.2, -0.15) is 0 Å². The Bertz CT molecular complexity index is 601. The van der Waals surface area contributed by atoms with Crippen LogP contribution < -0.4 is 10.5 Å². The second kappa shape index (κ2) is 5.57. The van der Waals surface area contributed by atoms with Gasteiger partial charge in [0.1, 0.15) is 11.5 Å². The van der Waals surface area contributed by atoms with E-state index in [1.807, 2.05) is 57.2 Å². The number of nitrogens with two attached hydrogens (primary N) is 1. The summed E-state index contributed by atoms with van der Waals surface area (Å²) in [6.45, 7) is 5.98. The highest BCUT2D eigenvalue weighted by molar-refractivity contribution is 5.72. The van der Waals surface area contributed by atoms with Gasteiger partial charge in [0, 0.05) is 16.9 Å². The number of ether oxygens (including phenoxy) is 1. The summed E-state index contributed by atoms with van der Waals surface area (Å²) < 4.78 is 5.88. The highest BCUT2D eigenvalue weighted by atomic mass is 16.5. The number of aromatic nitrogens is 1. The van der Waals surface area contributed by atoms with Crippen molar-refractivity contribution < 1.29 is 4.74 Å². The van der Waals surface area contributed by atoms with Gasteiger partial charge in [0.25, 0.3) is 0 Å². The zero-order valence-corrected chi connectivity index (χ0v) is 11.5. The van der Waals surface area contributed by atoms with Crippen molar-refractivity contribution in [2.75, 3.05) is 5.73 Å². The van der Waals surface area contributed by atoms with Crippen LogP contribution in [-0.4, -0.2) is 4.98 Å². The molecule has 98 valence electrons. The van der Waals surface area contributed by atoms with Gasteiger partial charge in [-0.3, -0.25) is 4.98 Å². The number of anilines is 1. The SMILES string of the molecule is C/C=C(/C)c1cc(N)ccc1Oc1ccc(C)nc1. The molecule has 1 aromatic heterocycles. The predicted octanol–water partition coefficient (Wildman–Crippen LogP) is 4.19. The van der Waals surface area contributed by atoms with Gasteiger partial charge >= 0.3 is 0 Å². The van der Waals surface area contributed by atoms with E-state index in [1.54, 1.807) is 6.20 Å². The van der Waals surface area contributed by atoms with Gasteiger partial charge in [-0.25, -0.2) is 0 Å². The Balaban J connectivity index is 2.37. The van der Waals surface area contributed by atoms with Crippen LogP contribution in [0.15, 0.2) is 42.6 Å². The molecule has 3 nitrogen and oxygen atoms in total. The van der Waals surface area contributed by atoms with Crippen LogP contribution in [0.4, 0.5) is 5.69 Å². The average molecular weight is 254 g/mol. The van der Waals surface area contributed by atoms with Gasteiger partial charge < -0.3 is 10.5 Å². The van der Waals surface area contributed by atoms with Crippen LogP contribution >= 0.6 is 0 Å². The summed E-state index contributed by atoms with van der Waals surface area (Å²) in [7, 11) is 0.